The van der Waals surface area contributed by atoms with Crippen LogP contribution in [0.3, 0.4) is 0 Å². The van der Waals surface area contributed by atoms with Crippen molar-refractivity contribution in [1.29, 1.82) is 0 Å². The number of carbonyl (C=O) groups is 1. The second-order valence-electron chi connectivity index (χ2n) is 6.87. The lowest BCUT2D eigenvalue weighted by Crippen LogP contribution is -2.45. The molecule has 150 valence electrons. The summed E-state index contributed by atoms with van der Waals surface area (Å²) in [5.74, 6) is 0.376. The topological polar surface area (TPSA) is 62.8 Å². The molecule has 1 fully saturated rings. The Labute approximate surface area is 164 Å². The van der Waals surface area contributed by atoms with Crippen LogP contribution in [-0.4, -0.2) is 44.5 Å². The average molecular weight is 387 g/mol. The number of carbonyl (C=O) groups excluding carboxylic acids is 1. The van der Waals surface area contributed by atoms with Gasteiger partial charge in [0.1, 0.15) is 18.2 Å². The van der Waals surface area contributed by atoms with Crippen molar-refractivity contribution >= 4 is 17.4 Å². The van der Waals surface area contributed by atoms with Gasteiger partial charge in [-0.05, 0) is 44.2 Å². The van der Waals surface area contributed by atoms with Crippen LogP contribution in [-0.2, 0) is 4.74 Å². The average Bonchev–Trinajstić information content (AvgIpc) is 2.65. The normalized spacial score (nSPS) is 19.2. The number of ether oxygens (including phenoxy) is 2. The minimum absolute atomic E-state index is 0.0461. The van der Waals surface area contributed by atoms with Crippen LogP contribution < -0.4 is 20.3 Å². The summed E-state index contributed by atoms with van der Waals surface area (Å²) in [6.45, 7) is 5.90. The number of anilines is 2. The summed E-state index contributed by atoms with van der Waals surface area (Å²) >= 11 is 0. The van der Waals surface area contributed by atoms with Gasteiger partial charge in [0, 0.05) is 18.8 Å². The molecule has 2 atom stereocenters. The van der Waals surface area contributed by atoms with Crippen LogP contribution in [0, 0.1) is 5.82 Å². The summed E-state index contributed by atoms with van der Waals surface area (Å²) in [4.78, 5) is 14.0. The second kappa shape index (κ2) is 9.41. The maximum atomic E-state index is 14.6. The number of halogens is 1. The van der Waals surface area contributed by atoms with Gasteiger partial charge < -0.3 is 25.0 Å². The van der Waals surface area contributed by atoms with E-state index in [-0.39, 0.29) is 18.0 Å². The van der Waals surface area contributed by atoms with Gasteiger partial charge in [-0.1, -0.05) is 18.2 Å². The lowest BCUT2D eigenvalue weighted by atomic mass is 10.2. The fraction of sp³-hybridized carbons (Fsp3) is 0.381. The maximum absolute atomic E-state index is 14.6. The van der Waals surface area contributed by atoms with Crippen LogP contribution in [0.15, 0.2) is 48.5 Å². The number of rotatable bonds is 6. The quantitative estimate of drug-likeness (QED) is 0.743. The monoisotopic (exact) mass is 387 g/mol. The predicted octanol–water partition coefficient (Wildman–Crippen LogP) is 3.64. The van der Waals surface area contributed by atoms with E-state index in [0.29, 0.717) is 37.6 Å². The molecule has 1 aliphatic heterocycles. The lowest BCUT2D eigenvalue weighted by Gasteiger charge is -2.37. The lowest BCUT2D eigenvalue weighted by molar-refractivity contribution is -0.00539. The Bertz CT molecular complexity index is 778. The SMILES string of the molecule is CC1CN(c2ccc(NC(=O)NCCOc3ccccc3)cc2F)CC(C)O1. The molecule has 3 rings (SSSR count). The van der Waals surface area contributed by atoms with Gasteiger partial charge >= 0.3 is 6.03 Å². The molecule has 0 aliphatic carbocycles. The van der Waals surface area contributed by atoms with Crippen LogP contribution in [0.1, 0.15) is 13.8 Å². The highest BCUT2D eigenvalue weighted by atomic mass is 19.1. The highest BCUT2D eigenvalue weighted by molar-refractivity contribution is 5.89. The van der Waals surface area contributed by atoms with E-state index >= 15 is 0 Å². The van der Waals surface area contributed by atoms with Gasteiger partial charge in [0.25, 0.3) is 0 Å². The van der Waals surface area contributed by atoms with Crippen molar-refractivity contribution in [3.8, 4) is 5.75 Å². The van der Waals surface area contributed by atoms with Crippen molar-refractivity contribution in [2.24, 2.45) is 0 Å². The molecule has 1 aliphatic rings. The Hall–Kier alpha value is -2.80. The summed E-state index contributed by atoms with van der Waals surface area (Å²) in [5, 5.41) is 5.33. The fourth-order valence-electron chi connectivity index (χ4n) is 3.24. The number of benzene rings is 2. The van der Waals surface area contributed by atoms with Gasteiger partial charge in [0.05, 0.1) is 24.4 Å². The van der Waals surface area contributed by atoms with Crippen molar-refractivity contribution in [2.75, 3.05) is 36.5 Å². The zero-order valence-electron chi connectivity index (χ0n) is 16.2. The highest BCUT2D eigenvalue weighted by Crippen LogP contribution is 2.26. The van der Waals surface area contributed by atoms with E-state index in [2.05, 4.69) is 10.6 Å². The van der Waals surface area contributed by atoms with Crippen LogP contribution in [0.25, 0.3) is 0 Å². The zero-order chi connectivity index (χ0) is 19.9. The molecule has 6 nitrogen and oxygen atoms in total. The van der Waals surface area contributed by atoms with Crippen LogP contribution >= 0.6 is 0 Å². The summed E-state index contributed by atoms with van der Waals surface area (Å²) in [5.41, 5.74) is 0.918. The molecule has 2 amide bonds. The molecule has 0 bridgehead atoms. The zero-order valence-corrected chi connectivity index (χ0v) is 16.2. The van der Waals surface area contributed by atoms with Crippen molar-refractivity contribution in [3.05, 3.63) is 54.3 Å². The van der Waals surface area contributed by atoms with E-state index in [0.717, 1.165) is 5.75 Å². The summed E-state index contributed by atoms with van der Waals surface area (Å²) in [6.07, 6.45) is 0.0923. The number of hydrogen-bond donors (Lipinski definition) is 2. The largest absolute Gasteiger partial charge is 0.492 e. The standard InChI is InChI=1S/C21H26FN3O3/c1-15-13-25(14-16(2)28-15)20-9-8-17(12-19(20)22)24-21(26)23-10-11-27-18-6-4-3-5-7-18/h3-9,12,15-16H,10-11,13-14H2,1-2H3,(H2,23,24,26). The van der Waals surface area contributed by atoms with Crippen LogP contribution in [0.2, 0.25) is 0 Å². The molecule has 0 radical (unpaired) electrons. The molecule has 2 aromatic carbocycles. The second-order valence-corrected chi connectivity index (χ2v) is 6.87. The Morgan fingerprint density at radius 1 is 1.18 bits per heavy atom. The Morgan fingerprint density at radius 2 is 1.89 bits per heavy atom. The summed E-state index contributed by atoms with van der Waals surface area (Å²) in [6, 6.07) is 13.7. The number of para-hydroxylation sites is 1. The third-order valence-electron chi connectivity index (χ3n) is 4.37. The Kier molecular flexibility index (Phi) is 6.71. The Balaban J connectivity index is 1.47. The van der Waals surface area contributed by atoms with Crippen molar-refractivity contribution in [1.82, 2.24) is 5.32 Å². The van der Waals surface area contributed by atoms with E-state index in [1.165, 1.54) is 6.07 Å². The molecule has 0 aromatic heterocycles. The van der Waals surface area contributed by atoms with Crippen LogP contribution in [0.5, 0.6) is 5.75 Å². The van der Waals surface area contributed by atoms with E-state index in [1.807, 2.05) is 49.1 Å². The molecule has 2 aromatic rings. The molecule has 2 unspecified atom stereocenters. The number of nitrogens with one attached hydrogen (secondary N) is 2. The first-order chi connectivity index (χ1) is 13.5. The van der Waals surface area contributed by atoms with Gasteiger partial charge in [-0.15, -0.1) is 0 Å². The maximum Gasteiger partial charge on any atom is 0.319 e. The smallest absolute Gasteiger partial charge is 0.319 e. The molecule has 7 heteroatoms. The van der Waals surface area contributed by atoms with Crippen LogP contribution in [0.4, 0.5) is 20.6 Å². The van der Waals surface area contributed by atoms with Crippen molar-refractivity contribution in [3.63, 3.8) is 0 Å². The number of morpholine rings is 1. The van der Waals surface area contributed by atoms with Gasteiger partial charge in [0.2, 0.25) is 0 Å². The molecular weight excluding hydrogens is 361 g/mol. The number of amides is 2. The first-order valence-corrected chi connectivity index (χ1v) is 9.44. The third-order valence-corrected chi connectivity index (χ3v) is 4.37. The molecular formula is C21H26FN3O3. The van der Waals surface area contributed by atoms with Crippen molar-refractivity contribution < 1.29 is 18.7 Å². The van der Waals surface area contributed by atoms with Gasteiger partial charge in [-0.2, -0.15) is 0 Å². The minimum Gasteiger partial charge on any atom is -0.492 e. The summed E-state index contributed by atoms with van der Waals surface area (Å²) < 4.78 is 25.8. The molecule has 2 N–H and O–H groups in total. The number of hydrogen-bond acceptors (Lipinski definition) is 4. The van der Waals surface area contributed by atoms with E-state index in [4.69, 9.17) is 9.47 Å². The van der Waals surface area contributed by atoms with E-state index in [1.54, 1.807) is 12.1 Å². The number of nitrogens with zero attached hydrogens (tertiary/aromatic N) is 1. The van der Waals surface area contributed by atoms with E-state index in [9.17, 15) is 9.18 Å². The molecule has 1 saturated heterocycles. The third kappa shape index (κ3) is 5.60. The summed E-state index contributed by atoms with van der Waals surface area (Å²) in [7, 11) is 0. The fourth-order valence-corrected chi connectivity index (χ4v) is 3.24. The molecule has 0 saturated carbocycles. The Morgan fingerprint density at radius 3 is 2.57 bits per heavy atom. The van der Waals surface area contributed by atoms with Gasteiger partial charge in [-0.3, -0.25) is 0 Å². The first kappa shape index (κ1) is 19.9. The van der Waals surface area contributed by atoms with E-state index < -0.39 is 6.03 Å². The van der Waals surface area contributed by atoms with Crippen molar-refractivity contribution in [2.45, 2.75) is 26.1 Å². The highest BCUT2D eigenvalue weighted by Gasteiger charge is 2.24. The minimum atomic E-state index is -0.405. The predicted molar refractivity (Wildman–Crippen MR) is 108 cm³/mol. The first-order valence-electron chi connectivity index (χ1n) is 9.44. The van der Waals surface area contributed by atoms with Gasteiger partial charge in [0.15, 0.2) is 0 Å². The molecule has 0 spiro atoms. The molecule has 1 heterocycles. The number of urea groups is 1. The van der Waals surface area contributed by atoms with Gasteiger partial charge in [-0.25, -0.2) is 9.18 Å². The molecule has 28 heavy (non-hydrogen) atoms.